The summed E-state index contributed by atoms with van der Waals surface area (Å²) in [5.74, 6) is 0. The lowest BCUT2D eigenvalue weighted by Gasteiger charge is -2.23. The zero-order chi connectivity index (χ0) is 36.0. The van der Waals surface area contributed by atoms with Gasteiger partial charge in [0.1, 0.15) is 22.3 Å². The third-order valence-corrected chi connectivity index (χ3v) is 10.5. The number of allylic oxidation sites excluding steroid dienone is 5. The number of furan rings is 2. The second-order valence-corrected chi connectivity index (χ2v) is 13.6. The third kappa shape index (κ3) is 5.29. The van der Waals surface area contributed by atoms with Crippen molar-refractivity contribution in [2.45, 2.75) is 6.92 Å². The van der Waals surface area contributed by atoms with E-state index in [9.17, 15) is 0 Å². The van der Waals surface area contributed by atoms with Crippen molar-refractivity contribution >= 4 is 82.4 Å². The molecule has 0 bridgehead atoms. The molecular weight excluding hydrogens is 659 g/mol. The summed E-state index contributed by atoms with van der Waals surface area (Å²) < 4.78 is 12.8. The summed E-state index contributed by atoms with van der Waals surface area (Å²) in [6.45, 7) is 2.05. The van der Waals surface area contributed by atoms with Gasteiger partial charge < -0.3 is 13.7 Å². The predicted molar refractivity (Wildman–Crippen MR) is 228 cm³/mol. The van der Waals surface area contributed by atoms with Gasteiger partial charge in [-0.2, -0.15) is 0 Å². The molecule has 0 unspecified atom stereocenters. The first-order chi connectivity index (χ1) is 26.7. The number of anilines is 2. The maximum absolute atomic E-state index is 6.44. The van der Waals surface area contributed by atoms with Crippen molar-refractivity contribution in [1.82, 2.24) is 0 Å². The molecule has 256 valence electrons. The Hall–Kier alpha value is -7.10. The number of para-hydroxylation sites is 4. The number of rotatable bonds is 7. The van der Waals surface area contributed by atoms with Crippen LogP contribution in [0, 0.1) is 0 Å². The summed E-state index contributed by atoms with van der Waals surface area (Å²) in [5.41, 5.74) is 10.0. The molecule has 0 saturated carbocycles. The monoisotopic (exact) mass is 693 g/mol. The lowest BCUT2D eigenvalue weighted by molar-refractivity contribution is 0.667. The van der Waals surface area contributed by atoms with Gasteiger partial charge in [-0.25, -0.2) is 0 Å². The van der Waals surface area contributed by atoms with Gasteiger partial charge in [0.15, 0.2) is 0 Å². The molecule has 3 heteroatoms. The van der Waals surface area contributed by atoms with Crippen molar-refractivity contribution < 1.29 is 8.83 Å². The molecule has 0 aliphatic heterocycles. The van der Waals surface area contributed by atoms with Crippen LogP contribution in [0.3, 0.4) is 0 Å². The van der Waals surface area contributed by atoms with E-state index < -0.39 is 0 Å². The Morgan fingerprint density at radius 2 is 1.13 bits per heavy atom. The van der Waals surface area contributed by atoms with E-state index in [4.69, 9.17) is 8.83 Å². The Balaban J connectivity index is 1.10. The zero-order valence-electron chi connectivity index (χ0n) is 29.7. The third-order valence-electron chi connectivity index (χ3n) is 10.5. The van der Waals surface area contributed by atoms with E-state index >= 15 is 0 Å². The molecular formula is C51H35NO2. The largest absolute Gasteiger partial charge is 0.455 e. The fraction of sp³-hybridized carbons (Fsp3) is 0.0196. The molecule has 8 aromatic carbocycles. The average Bonchev–Trinajstić information content (AvgIpc) is 3.81. The van der Waals surface area contributed by atoms with Crippen molar-refractivity contribution in [2.24, 2.45) is 0 Å². The molecule has 0 aliphatic rings. The van der Waals surface area contributed by atoms with E-state index in [1.807, 2.05) is 24.3 Å². The molecule has 3 nitrogen and oxygen atoms in total. The summed E-state index contributed by atoms with van der Waals surface area (Å²) in [6.07, 6.45) is 10.7. The Bertz CT molecular complexity index is 3120. The molecule has 54 heavy (non-hydrogen) atoms. The predicted octanol–water partition coefficient (Wildman–Crippen LogP) is 14.8. The molecule has 0 radical (unpaired) electrons. The van der Waals surface area contributed by atoms with Crippen LogP contribution in [-0.4, -0.2) is 0 Å². The normalized spacial score (nSPS) is 12.5. The van der Waals surface area contributed by atoms with Crippen molar-refractivity contribution in [1.29, 1.82) is 0 Å². The summed E-state index contributed by atoms with van der Waals surface area (Å²) >= 11 is 0. The minimum Gasteiger partial charge on any atom is -0.455 e. The van der Waals surface area contributed by atoms with E-state index in [1.54, 1.807) is 0 Å². The Labute approximate surface area is 313 Å². The van der Waals surface area contributed by atoms with Crippen molar-refractivity contribution in [3.05, 3.63) is 200 Å². The SMILES string of the molecule is C\C=C/C(=C\C=C\N(c1ccc(-c2cccc3c2oc2ccccc23)cc1)c1cccc2c1ccc1ccccc12)c1cccc2c1oc1ccccc12. The van der Waals surface area contributed by atoms with Crippen LogP contribution in [-0.2, 0) is 0 Å². The van der Waals surface area contributed by atoms with Crippen LogP contribution in [0.25, 0.3) is 82.1 Å². The highest BCUT2D eigenvalue weighted by Crippen LogP contribution is 2.40. The highest BCUT2D eigenvalue weighted by molar-refractivity contribution is 6.13. The second kappa shape index (κ2) is 13.1. The van der Waals surface area contributed by atoms with E-state index in [2.05, 4.69) is 182 Å². The first-order valence-corrected chi connectivity index (χ1v) is 18.4. The number of fused-ring (bicyclic) bond motifs is 9. The van der Waals surface area contributed by atoms with Gasteiger partial charge in [-0.05, 0) is 70.6 Å². The molecule has 2 aromatic heterocycles. The highest BCUT2D eigenvalue weighted by atomic mass is 16.3. The molecule has 0 aliphatic carbocycles. The maximum atomic E-state index is 6.44. The highest BCUT2D eigenvalue weighted by Gasteiger charge is 2.16. The fourth-order valence-corrected chi connectivity index (χ4v) is 7.94. The minimum absolute atomic E-state index is 0.893. The number of benzene rings is 8. The minimum atomic E-state index is 0.893. The summed E-state index contributed by atoms with van der Waals surface area (Å²) in [6, 6.07) is 57.7. The van der Waals surface area contributed by atoms with Crippen molar-refractivity contribution in [2.75, 3.05) is 4.90 Å². The molecule has 10 rings (SSSR count). The molecule has 0 saturated heterocycles. The van der Waals surface area contributed by atoms with Gasteiger partial charge >= 0.3 is 0 Å². The topological polar surface area (TPSA) is 29.5 Å². The summed E-state index contributed by atoms with van der Waals surface area (Å²) in [7, 11) is 0. The van der Waals surface area contributed by atoms with Gasteiger partial charge in [0.05, 0.1) is 5.69 Å². The molecule has 0 N–H and O–H groups in total. The van der Waals surface area contributed by atoms with Gasteiger partial charge in [0.25, 0.3) is 0 Å². The quantitative estimate of drug-likeness (QED) is 0.123. The summed E-state index contributed by atoms with van der Waals surface area (Å²) in [4.78, 5) is 2.29. The van der Waals surface area contributed by atoms with Gasteiger partial charge in [-0.15, -0.1) is 0 Å². The van der Waals surface area contributed by atoms with Gasteiger partial charge in [-0.3, -0.25) is 0 Å². The fourth-order valence-electron chi connectivity index (χ4n) is 7.94. The molecule has 0 fully saturated rings. The molecule has 0 atom stereocenters. The average molecular weight is 694 g/mol. The number of hydrogen-bond donors (Lipinski definition) is 0. The van der Waals surface area contributed by atoms with Crippen molar-refractivity contribution in [3.63, 3.8) is 0 Å². The van der Waals surface area contributed by atoms with Crippen LogP contribution in [0.15, 0.2) is 203 Å². The Morgan fingerprint density at radius 3 is 1.91 bits per heavy atom. The van der Waals surface area contributed by atoms with Gasteiger partial charge in [-0.1, -0.05) is 152 Å². The van der Waals surface area contributed by atoms with Crippen LogP contribution in [0.5, 0.6) is 0 Å². The van der Waals surface area contributed by atoms with E-state index in [1.165, 1.54) is 21.5 Å². The van der Waals surface area contributed by atoms with Crippen LogP contribution in [0.1, 0.15) is 12.5 Å². The standard InChI is InChI=1S/C51H35NO2/c1-2-13-34(39-19-9-22-45-43-17-5-7-25-48(43)53-50(39)45)15-12-33-52(47-24-11-21-41-38-16-4-3-14-35(38)29-32-42(41)47)37-30-27-36(28-31-37)40-20-10-23-46-44-18-6-8-26-49(44)54-51(40)46/h2-33H,1H3/b13-2-,33-12+,34-15+. The number of nitrogens with zero attached hydrogens (tertiary/aromatic N) is 1. The van der Waals surface area contributed by atoms with Crippen LogP contribution in [0.2, 0.25) is 0 Å². The van der Waals surface area contributed by atoms with Crippen LogP contribution >= 0.6 is 0 Å². The zero-order valence-corrected chi connectivity index (χ0v) is 29.7. The molecule has 2 heterocycles. The molecule has 0 spiro atoms. The van der Waals surface area contributed by atoms with E-state index in [0.29, 0.717) is 0 Å². The lowest BCUT2D eigenvalue weighted by atomic mass is 9.99. The number of hydrogen-bond acceptors (Lipinski definition) is 3. The van der Waals surface area contributed by atoms with Crippen LogP contribution < -0.4 is 4.90 Å². The van der Waals surface area contributed by atoms with Gasteiger partial charge in [0, 0.05) is 49.9 Å². The smallest absolute Gasteiger partial charge is 0.143 e. The van der Waals surface area contributed by atoms with E-state index in [-0.39, 0.29) is 0 Å². The Morgan fingerprint density at radius 1 is 0.500 bits per heavy atom. The first kappa shape index (κ1) is 31.6. The lowest BCUT2D eigenvalue weighted by Crippen LogP contribution is -2.09. The molecule has 0 amide bonds. The van der Waals surface area contributed by atoms with Crippen molar-refractivity contribution in [3.8, 4) is 11.1 Å². The van der Waals surface area contributed by atoms with Gasteiger partial charge in [0.2, 0.25) is 0 Å². The maximum Gasteiger partial charge on any atom is 0.143 e. The molecule has 10 aromatic rings. The first-order valence-electron chi connectivity index (χ1n) is 18.4. The second-order valence-electron chi connectivity index (χ2n) is 13.6. The summed E-state index contributed by atoms with van der Waals surface area (Å²) in [5, 5.41) is 9.37. The van der Waals surface area contributed by atoms with E-state index in [0.717, 1.165) is 77.5 Å². The Kier molecular flexibility index (Phi) is 7.70. The van der Waals surface area contributed by atoms with Crippen LogP contribution in [0.4, 0.5) is 11.4 Å².